The van der Waals surface area contributed by atoms with Crippen LogP contribution in [0.25, 0.3) is 0 Å². The highest BCUT2D eigenvalue weighted by Gasteiger charge is 2.25. The first-order chi connectivity index (χ1) is 15.2. The Kier molecular flexibility index (Phi) is 7.76. The summed E-state index contributed by atoms with van der Waals surface area (Å²) in [5.74, 6) is 0.303. The predicted molar refractivity (Wildman–Crippen MR) is 127 cm³/mol. The monoisotopic (exact) mass is 436 g/mol. The van der Waals surface area contributed by atoms with Crippen LogP contribution in [0.15, 0.2) is 24.3 Å². The lowest BCUT2D eigenvalue weighted by atomic mass is 9.83. The minimum atomic E-state index is -0.222. The number of hydrogen-bond acceptors (Lipinski definition) is 4. The van der Waals surface area contributed by atoms with Crippen LogP contribution in [0.5, 0.6) is 0 Å². The number of carbonyl (C=O) groups excluding carboxylic acids is 2. The van der Waals surface area contributed by atoms with E-state index in [0.29, 0.717) is 36.2 Å². The van der Waals surface area contributed by atoms with Gasteiger partial charge in [0.2, 0.25) is 0 Å². The molecule has 0 amide bonds. The van der Waals surface area contributed by atoms with E-state index in [1.54, 1.807) is 0 Å². The molecular weight excluding hydrogens is 400 g/mol. The van der Waals surface area contributed by atoms with Crippen molar-refractivity contribution in [2.24, 2.45) is 11.8 Å². The lowest BCUT2D eigenvalue weighted by Gasteiger charge is -2.28. The third kappa shape index (κ3) is 5.79. The number of hydrogen-bond donors (Lipinski definition) is 0. The van der Waals surface area contributed by atoms with Crippen LogP contribution in [0, 0.1) is 53.4 Å². The molecule has 1 fully saturated rings. The van der Waals surface area contributed by atoms with E-state index in [-0.39, 0.29) is 11.9 Å². The van der Waals surface area contributed by atoms with Gasteiger partial charge in [0.15, 0.2) is 0 Å². The number of esters is 2. The molecule has 0 bridgehead atoms. The number of rotatable bonds is 6. The topological polar surface area (TPSA) is 52.6 Å². The number of ether oxygens (including phenoxy) is 2. The van der Waals surface area contributed by atoms with Gasteiger partial charge in [0.25, 0.3) is 0 Å². The Morgan fingerprint density at radius 3 is 1.19 bits per heavy atom. The molecule has 172 valence electrons. The maximum atomic E-state index is 12.6. The molecule has 0 unspecified atom stereocenters. The fourth-order valence-electron chi connectivity index (χ4n) is 5.10. The van der Waals surface area contributed by atoms with Crippen molar-refractivity contribution in [3.8, 4) is 0 Å². The summed E-state index contributed by atoms with van der Waals surface area (Å²) in [5.41, 5.74) is 7.57. The first-order valence-electron chi connectivity index (χ1n) is 11.7. The third-order valence-electron chi connectivity index (χ3n) is 6.63. The Balaban J connectivity index is 1.45. The molecule has 0 saturated heterocycles. The molecule has 1 aliphatic rings. The Labute approximate surface area is 192 Å². The first kappa shape index (κ1) is 24.0. The maximum Gasteiger partial charge on any atom is 0.338 e. The van der Waals surface area contributed by atoms with Gasteiger partial charge in [0.1, 0.15) is 0 Å². The lowest BCUT2D eigenvalue weighted by molar-refractivity contribution is 0.0295. The molecule has 3 rings (SSSR count). The van der Waals surface area contributed by atoms with E-state index in [0.717, 1.165) is 59.1 Å². The van der Waals surface area contributed by atoms with Gasteiger partial charge in [-0.05, 0) is 101 Å². The summed E-state index contributed by atoms with van der Waals surface area (Å²) < 4.78 is 11.3. The van der Waals surface area contributed by atoms with Gasteiger partial charge < -0.3 is 9.47 Å². The van der Waals surface area contributed by atoms with Gasteiger partial charge in [-0.25, -0.2) is 9.59 Å². The number of carbonyl (C=O) groups is 2. The molecule has 0 spiro atoms. The summed E-state index contributed by atoms with van der Waals surface area (Å²) >= 11 is 0. The average Bonchev–Trinajstić information content (AvgIpc) is 2.70. The predicted octanol–water partition coefficient (Wildman–Crippen LogP) is 6.36. The zero-order chi connectivity index (χ0) is 23.4. The molecule has 0 N–H and O–H groups in total. The second-order valence-electron chi connectivity index (χ2n) is 9.63. The average molecular weight is 437 g/mol. The van der Waals surface area contributed by atoms with Crippen LogP contribution in [0.3, 0.4) is 0 Å². The van der Waals surface area contributed by atoms with Crippen LogP contribution in [0.2, 0.25) is 0 Å². The molecule has 0 radical (unpaired) electrons. The summed E-state index contributed by atoms with van der Waals surface area (Å²) in [4.78, 5) is 25.2. The van der Waals surface area contributed by atoms with E-state index in [4.69, 9.17) is 9.47 Å². The summed E-state index contributed by atoms with van der Waals surface area (Å²) in [6.45, 7) is 12.8. The van der Waals surface area contributed by atoms with E-state index in [1.165, 1.54) is 0 Å². The fraction of sp³-hybridized carbons (Fsp3) is 0.500. The van der Waals surface area contributed by atoms with Gasteiger partial charge >= 0.3 is 11.9 Å². The second kappa shape index (κ2) is 10.3. The van der Waals surface area contributed by atoms with E-state index in [9.17, 15) is 9.59 Å². The first-order valence-corrected chi connectivity index (χ1v) is 11.7. The van der Waals surface area contributed by atoms with Crippen molar-refractivity contribution in [3.63, 3.8) is 0 Å². The smallest absolute Gasteiger partial charge is 0.338 e. The van der Waals surface area contributed by atoms with E-state index in [1.807, 2.05) is 65.8 Å². The molecule has 4 heteroatoms. The minimum absolute atomic E-state index is 0.222. The van der Waals surface area contributed by atoms with Gasteiger partial charge in [-0.2, -0.15) is 0 Å². The van der Waals surface area contributed by atoms with Crippen LogP contribution in [-0.4, -0.2) is 25.2 Å². The molecule has 2 aromatic rings. The molecule has 0 aliphatic heterocycles. The highest BCUT2D eigenvalue weighted by atomic mass is 16.5. The number of aryl methyl sites for hydroxylation is 6. The van der Waals surface area contributed by atoms with Crippen molar-refractivity contribution in [2.45, 2.75) is 67.2 Å². The van der Waals surface area contributed by atoms with Crippen molar-refractivity contribution in [1.29, 1.82) is 0 Å². The molecule has 4 nitrogen and oxygen atoms in total. The molecule has 0 atom stereocenters. The van der Waals surface area contributed by atoms with Crippen molar-refractivity contribution in [1.82, 2.24) is 0 Å². The zero-order valence-electron chi connectivity index (χ0n) is 20.3. The molecule has 0 aromatic heterocycles. The summed E-state index contributed by atoms with van der Waals surface area (Å²) in [7, 11) is 0. The SMILES string of the molecule is Cc1cc(C)c(C(=O)OCC2CCC(COC(=O)c3c(C)cc(C)cc3C)CC2)c(C)c1. The second-order valence-corrected chi connectivity index (χ2v) is 9.63. The van der Waals surface area contributed by atoms with Crippen molar-refractivity contribution in [3.05, 3.63) is 68.8 Å². The Morgan fingerprint density at radius 2 is 0.906 bits per heavy atom. The zero-order valence-corrected chi connectivity index (χ0v) is 20.3. The molecule has 32 heavy (non-hydrogen) atoms. The van der Waals surface area contributed by atoms with E-state index < -0.39 is 0 Å². The summed E-state index contributed by atoms with van der Waals surface area (Å²) in [6.07, 6.45) is 3.96. The molecule has 1 aliphatic carbocycles. The molecule has 0 heterocycles. The van der Waals surface area contributed by atoms with Gasteiger partial charge in [-0.15, -0.1) is 0 Å². The Morgan fingerprint density at radius 1 is 0.625 bits per heavy atom. The van der Waals surface area contributed by atoms with Crippen LogP contribution in [0.1, 0.15) is 79.8 Å². The minimum Gasteiger partial charge on any atom is -0.462 e. The summed E-state index contributed by atoms with van der Waals surface area (Å²) in [6, 6.07) is 8.09. The van der Waals surface area contributed by atoms with Crippen LogP contribution >= 0.6 is 0 Å². The Hall–Kier alpha value is -2.62. The fourth-order valence-corrected chi connectivity index (χ4v) is 5.10. The van der Waals surface area contributed by atoms with Crippen molar-refractivity contribution >= 4 is 11.9 Å². The Bertz CT molecular complexity index is 869. The van der Waals surface area contributed by atoms with E-state index >= 15 is 0 Å². The van der Waals surface area contributed by atoms with Gasteiger partial charge in [-0.1, -0.05) is 35.4 Å². The standard InChI is InChI=1S/C28H36O4/c1-17-11-19(3)25(20(4)12-17)27(29)31-15-23-7-9-24(10-8-23)16-32-28(30)26-21(5)13-18(2)14-22(26)6/h11-14,23-24H,7-10,15-16H2,1-6H3. The van der Waals surface area contributed by atoms with Crippen LogP contribution in [-0.2, 0) is 9.47 Å². The van der Waals surface area contributed by atoms with Gasteiger partial charge in [-0.3, -0.25) is 0 Å². The van der Waals surface area contributed by atoms with Crippen molar-refractivity contribution in [2.75, 3.05) is 13.2 Å². The molecule has 2 aromatic carbocycles. The maximum absolute atomic E-state index is 12.6. The van der Waals surface area contributed by atoms with Crippen molar-refractivity contribution < 1.29 is 19.1 Å². The van der Waals surface area contributed by atoms with Gasteiger partial charge in [0, 0.05) is 0 Å². The highest BCUT2D eigenvalue weighted by Crippen LogP contribution is 2.30. The summed E-state index contributed by atoms with van der Waals surface area (Å²) in [5, 5.41) is 0. The molecule has 1 saturated carbocycles. The van der Waals surface area contributed by atoms with Crippen LogP contribution in [0.4, 0.5) is 0 Å². The van der Waals surface area contributed by atoms with Gasteiger partial charge in [0.05, 0.1) is 24.3 Å². The number of benzene rings is 2. The van der Waals surface area contributed by atoms with E-state index in [2.05, 4.69) is 0 Å². The lowest BCUT2D eigenvalue weighted by Crippen LogP contribution is -2.24. The quantitative estimate of drug-likeness (QED) is 0.495. The largest absolute Gasteiger partial charge is 0.462 e. The molecular formula is C28H36O4. The normalized spacial score (nSPS) is 18.3. The third-order valence-corrected chi connectivity index (χ3v) is 6.63. The van der Waals surface area contributed by atoms with Crippen LogP contribution < -0.4 is 0 Å². The highest BCUT2D eigenvalue weighted by molar-refractivity contribution is 5.93.